The number of nitrogens with zero attached hydrogens (tertiary/aromatic N) is 1. The second kappa shape index (κ2) is 7.31. The number of rotatable bonds is 7. The molecule has 0 radical (unpaired) electrons. The third-order valence-electron chi connectivity index (χ3n) is 2.57. The van der Waals surface area contributed by atoms with Crippen molar-refractivity contribution in [2.45, 2.75) is 46.7 Å². The SMILES string of the molecule is CC(C)CCOc1nccc(CNC(C)C)c1F. The molecule has 0 saturated heterocycles. The van der Waals surface area contributed by atoms with Crippen molar-refractivity contribution < 1.29 is 9.13 Å². The van der Waals surface area contributed by atoms with Crippen molar-refractivity contribution in [1.82, 2.24) is 10.3 Å². The molecule has 102 valence electrons. The van der Waals surface area contributed by atoms with E-state index in [1.54, 1.807) is 12.3 Å². The summed E-state index contributed by atoms with van der Waals surface area (Å²) in [6.07, 6.45) is 2.49. The van der Waals surface area contributed by atoms with Crippen molar-refractivity contribution in [3.8, 4) is 5.88 Å². The van der Waals surface area contributed by atoms with E-state index in [9.17, 15) is 4.39 Å². The Balaban J connectivity index is 2.60. The highest BCUT2D eigenvalue weighted by Crippen LogP contribution is 2.18. The quantitative estimate of drug-likeness (QED) is 0.811. The Hall–Kier alpha value is -1.16. The summed E-state index contributed by atoms with van der Waals surface area (Å²) >= 11 is 0. The molecule has 0 aromatic carbocycles. The minimum Gasteiger partial charge on any atom is -0.476 e. The zero-order valence-electron chi connectivity index (χ0n) is 11.7. The summed E-state index contributed by atoms with van der Waals surface area (Å²) in [5.74, 6) is 0.298. The van der Waals surface area contributed by atoms with Crippen LogP contribution < -0.4 is 10.1 Å². The minimum absolute atomic E-state index is 0.110. The van der Waals surface area contributed by atoms with Gasteiger partial charge in [0.05, 0.1) is 6.61 Å². The van der Waals surface area contributed by atoms with E-state index in [2.05, 4.69) is 24.1 Å². The Kier molecular flexibility index (Phi) is 6.05. The normalized spacial score (nSPS) is 11.3. The molecule has 0 amide bonds. The summed E-state index contributed by atoms with van der Waals surface area (Å²) in [6.45, 7) is 9.26. The van der Waals surface area contributed by atoms with Crippen molar-refractivity contribution in [2.75, 3.05) is 6.61 Å². The van der Waals surface area contributed by atoms with Crippen LogP contribution in [0.15, 0.2) is 12.3 Å². The zero-order valence-corrected chi connectivity index (χ0v) is 11.7. The molecule has 3 nitrogen and oxygen atoms in total. The predicted molar refractivity (Wildman–Crippen MR) is 71.1 cm³/mol. The minimum atomic E-state index is -0.352. The molecule has 0 fully saturated rings. The molecule has 0 unspecified atom stereocenters. The molecule has 1 N–H and O–H groups in total. The third-order valence-corrected chi connectivity index (χ3v) is 2.57. The number of hydrogen-bond donors (Lipinski definition) is 1. The fourth-order valence-electron chi connectivity index (χ4n) is 1.40. The van der Waals surface area contributed by atoms with Gasteiger partial charge in [-0.3, -0.25) is 0 Å². The van der Waals surface area contributed by atoms with E-state index in [4.69, 9.17) is 4.74 Å². The average Bonchev–Trinajstić information content (AvgIpc) is 2.29. The number of nitrogens with one attached hydrogen (secondary N) is 1. The highest BCUT2D eigenvalue weighted by Gasteiger charge is 2.11. The molecule has 0 aliphatic rings. The smallest absolute Gasteiger partial charge is 0.250 e. The van der Waals surface area contributed by atoms with E-state index in [0.717, 1.165) is 6.42 Å². The van der Waals surface area contributed by atoms with Crippen LogP contribution in [0.5, 0.6) is 5.88 Å². The fourth-order valence-corrected chi connectivity index (χ4v) is 1.40. The van der Waals surface area contributed by atoms with Crippen LogP contribution in [0, 0.1) is 11.7 Å². The van der Waals surface area contributed by atoms with E-state index in [0.29, 0.717) is 30.7 Å². The lowest BCUT2D eigenvalue weighted by Crippen LogP contribution is -2.22. The first-order valence-electron chi connectivity index (χ1n) is 6.50. The number of aromatic nitrogens is 1. The lowest BCUT2D eigenvalue weighted by Gasteiger charge is -2.12. The van der Waals surface area contributed by atoms with Gasteiger partial charge in [-0.2, -0.15) is 0 Å². The van der Waals surface area contributed by atoms with Crippen LogP contribution in [0.25, 0.3) is 0 Å². The number of pyridine rings is 1. The fraction of sp³-hybridized carbons (Fsp3) is 0.643. The first-order valence-corrected chi connectivity index (χ1v) is 6.50. The van der Waals surface area contributed by atoms with Crippen LogP contribution in [0.1, 0.15) is 39.7 Å². The summed E-state index contributed by atoms with van der Waals surface area (Å²) in [7, 11) is 0. The second-order valence-electron chi connectivity index (χ2n) is 5.16. The van der Waals surface area contributed by atoms with Gasteiger partial charge in [0.1, 0.15) is 0 Å². The van der Waals surface area contributed by atoms with E-state index in [-0.39, 0.29) is 11.7 Å². The van der Waals surface area contributed by atoms with Gasteiger partial charge in [0.25, 0.3) is 5.88 Å². The molecule has 4 heteroatoms. The number of halogens is 1. The molecule has 0 aliphatic carbocycles. The molecule has 0 aliphatic heterocycles. The Morgan fingerprint density at radius 2 is 2.06 bits per heavy atom. The molecule has 1 rings (SSSR count). The van der Waals surface area contributed by atoms with Crippen LogP contribution in [0.2, 0.25) is 0 Å². The summed E-state index contributed by atoms with van der Waals surface area (Å²) in [4.78, 5) is 3.94. The first-order chi connectivity index (χ1) is 8.50. The third kappa shape index (κ3) is 5.00. The molecule has 1 aromatic rings. The molecule has 18 heavy (non-hydrogen) atoms. The second-order valence-corrected chi connectivity index (χ2v) is 5.16. The van der Waals surface area contributed by atoms with Crippen LogP contribution >= 0.6 is 0 Å². The molecule has 0 bridgehead atoms. The van der Waals surface area contributed by atoms with Gasteiger partial charge in [0, 0.05) is 24.3 Å². The van der Waals surface area contributed by atoms with Crippen molar-refractivity contribution >= 4 is 0 Å². The van der Waals surface area contributed by atoms with Gasteiger partial charge in [-0.15, -0.1) is 0 Å². The largest absolute Gasteiger partial charge is 0.476 e. The number of ether oxygens (including phenoxy) is 1. The van der Waals surface area contributed by atoms with Crippen molar-refractivity contribution in [3.63, 3.8) is 0 Å². The predicted octanol–water partition coefficient (Wildman–Crippen LogP) is 3.14. The van der Waals surface area contributed by atoms with E-state index >= 15 is 0 Å². The Morgan fingerprint density at radius 3 is 2.67 bits per heavy atom. The summed E-state index contributed by atoms with van der Waals surface area (Å²) < 4.78 is 19.4. The summed E-state index contributed by atoms with van der Waals surface area (Å²) in [6, 6.07) is 2.00. The van der Waals surface area contributed by atoms with E-state index in [1.807, 2.05) is 13.8 Å². The molecular weight excluding hydrogens is 231 g/mol. The molecule has 0 atom stereocenters. The Bertz CT molecular complexity index is 367. The molecule has 1 heterocycles. The maximum atomic E-state index is 14.0. The highest BCUT2D eigenvalue weighted by atomic mass is 19.1. The topological polar surface area (TPSA) is 34.1 Å². The van der Waals surface area contributed by atoms with Crippen molar-refractivity contribution in [2.24, 2.45) is 5.92 Å². The van der Waals surface area contributed by atoms with Crippen LogP contribution in [0.4, 0.5) is 4.39 Å². The molecule has 0 spiro atoms. The van der Waals surface area contributed by atoms with Crippen molar-refractivity contribution in [1.29, 1.82) is 0 Å². The summed E-state index contributed by atoms with van der Waals surface area (Å²) in [5, 5.41) is 3.18. The molecule has 1 aromatic heterocycles. The summed E-state index contributed by atoms with van der Waals surface area (Å²) in [5.41, 5.74) is 0.596. The van der Waals surface area contributed by atoms with Crippen molar-refractivity contribution in [3.05, 3.63) is 23.6 Å². The monoisotopic (exact) mass is 254 g/mol. The maximum Gasteiger partial charge on any atom is 0.250 e. The molecular formula is C14H23FN2O. The van der Waals surface area contributed by atoms with E-state index < -0.39 is 0 Å². The van der Waals surface area contributed by atoms with E-state index in [1.165, 1.54) is 0 Å². The Labute approximate surface area is 109 Å². The van der Waals surface area contributed by atoms with Gasteiger partial charge in [-0.05, 0) is 18.4 Å². The lowest BCUT2D eigenvalue weighted by molar-refractivity contribution is 0.264. The molecule has 0 saturated carbocycles. The van der Waals surface area contributed by atoms with Gasteiger partial charge in [0.15, 0.2) is 5.82 Å². The number of hydrogen-bond acceptors (Lipinski definition) is 3. The first kappa shape index (κ1) is 14.9. The van der Waals surface area contributed by atoms with Gasteiger partial charge in [0.2, 0.25) is 0 Å². The Morgan fingerprint density at radius 1 is 1.33 bits per heavy atom. The van der Waals surface area contributed by atoms with Crippen LogP contribution in [-0.2, 0) is 6.54 Å². The standard InChI is InChI=1S/C14H23FN2O/c1-10(2)6-8-18-14-13(15)12(5-7-16-14)9-17-11(3)4/h5,7,10-11,17H,6,8-9H2,1-4H3. The lowest BCUT2D eigenvalue weighted by atomic mass is 10.1. The van der Waals surface area contributed by atoms with Gasteiger partial charge in [-0.25, -0.2) is 9.37 Å². The van der Waals surface area contributed by atoms with Gasteiger partial charge >= 0.3 is 0 Å². The maximum absolute atomic E-state index is 14.0. The zero-order chi connectivity index (χ0) is 13.5. The van der Waals surface area contributed by atoms with Gasteiger partial charge in [-0.1, -0.05) is 27.7 Å². The van der Waals surface area contributed by atoms with Gasteiger partial charge < -0.3 is 10.1 Å². The van der Waals surface area contributed by atoms with Crippen LogP contribution in [-0.4, -0.2) is 17.6 Å². The average molecular weight is 254 g/mol. The van der Waals surface area contributed by atoms with Crippen LogP contribution in [0.3, 0.4) is 0 Å². The highest BCUT2D eigenvalue weighted by molar-refractivity contribution is 5.23.